The number of aromatic hydroxyl groups is 1. The lowest BCUT2D eigenvalue weighted by molar-refractivity contribution is -0.0239. The van der Waals surface area contributed by atoms with E-state index in [0.29, 0.717) is 42.8 Å². The number of nitrogens with one attached hydrogen (secondary N) is 2. The molecule has 0 aliphatic rings. The number of alkyl halides is 2. The fraction of sp³-hybridized carbons (Fsp3) is 0.435. The maximum atomic E-state index is 14.0. The number of H-pyrrole nitrogens is 1. The fourth-order valence-electron chi connectivity index (χ4n) is 3.38. The van der Waals surface area contributed by atoms with Crippen LogP contribution in [-0.2, 0) is 17.6 Å². The summed E-state index contributed by atoms with van der Waals surface area (Å²) in [6, 6.07) is 13.2. The van der Waals surface area contributed by atoms with E-state index in [1.807, 2.05) is 30.3 Å². The molecule has 0 spiro atoms. The summed E-state index contributed by atoms with van der Waals surface area (Å²) in [5.41, 5.74) is 2.52. The van der Waals surface area contributed by atoms with Gasteiger partial charge in [0.15, 0.2) is 0 Å². The summed E-state index contributed by atoms with van der Waals surface area (Å²) in [5.74, 6) is -2.68. The van der Waals surface area contributed by atoms with Crippen LogP contribution in [0.15, 0.2) is 47.3 Å². The van der Waals surface area contributed by atoms with Gasteiger partial charge >= 0.3 is 4.87 Å². The summed E-state index contributed by atoms with van der Waals surface area (Å²) in [7, 11) is 0. The van der Waals surface area contributed by atoms with Crippen molar-refractivity contribution in [3.63, 3.8) is 0 Å². The molecule has 32 heavy (non-hydrogen) atoms. The quantitative estimate of drug-likeness (QED) is 0.300. The van der Waals surface area contributed by atoms with Gasteiger partial charge in [0, 0.05) is 26.0 Å². The van der Waals surface area contributed by atoms with Crippen molar-refractivity contribution in [2.24, 2.45) is 0 Å². The van der Waals surface area contributed by atoms with Crippen LogP contribution in [0.1, 0.15) is 30.4 Å². The van der Waals surface area contributed by atoms with Crippen LogP contribution in [0, 0.1) is 0 Å². The Kier molecular flexibility index (Phi) is 10.6. The molecule has 0 atom stereocenters. The van der Waals surface area contributed by atoms with Crippen LogP contribution < -0.4 is 10.2 Å². The third-order valence-electron chi connectivity index (χ3n) is 5.09. The predicted octanol–water partition coefficient (Wildman–Crippen LogP) is 4.91. The highest BCUT2D eigenvalue weighted by atomic mass is 35.5. The third-order valence-corrected chi connectivity index (χ3v) is 6.04. The highest BCUT2D eigenvalue weighted by Crippen LogP contribution is 2.28. The number of hydrogen-bond donors (Lipinski definition) is 3. The Hall–Kier alpha value is -2.00. The average molecular weight is 487 g/mol. The van der Waals surface area contributed by atoms with Crippen LogP contribution in [0.2, 0.25) is 0 Å². The van der Waals surface area contributed by atoms with Crippen LogP contribution in [0.3, 0.4) is 0 Å². The molecule has 176 valence electrons. The van der Waals surface area contributed by atoms with Crippen LogP contribution in [-0.4, -0.2) is 42.3 Å². The molecule has 3 aromatic rings. The number of phenolic OH excluding ortho intramolecular Hbond substituents is 1. The van der Waals surface area contributed by atoms with Crippen LogP contribution >= 0.6 is 23.7 Å². The van der Waals surface area contributed by atoms with Crippen molar-refractivity contribution in [1.82, 2.24) is 10.3 Å². The van der Waals surface area contributed by atoms with E-state index in [1.165, 1.54) is 11.6 Å². The molecule has 0 saturated heterocycles. The van der Waals surface area contributed by atoms with Crippen molar-refractivity contribution < 1.29 is 18.6 Å². The van der Waals surface area contributed by atoms with E-state index in [0.717, 1.165) is 23.3 Å². The van der Waals surface area contributed by atoms with E-state index >= 15 is 0 Å². The Morgan fingerprint density at radius 1 is 1.03 bits per heavy atom. The van der Waals surface area contributed by atoms with E-state index in [1.54, 1.807) is 6.07 Å². The fourth-order valence-corrected chi connectivity index (χ4v) is 4.28. The lowest BCUT2D eigenvalue weighted by Gasteiger charge is -2.16. The SMILES string of the molecule is Cl.O=c1[nH]c2c(O)ccc(CCNCCC(F)(F)CCCOCCc3ccccc3)c2s1. The lowest BCUT2D eigenvalue weighted by Crippen LogP contribution is -2.26. The lowest BCUT2D eigenvalue weighted by atomic mass is 10.1. The summed E-state index contributed by atoms with van der Waals surface area (Å²) >= 11 is 1.04. The number of thiazole rings is 1. The van der Waals surface area contributed by atoms with Gasteiger partial charge in [0.1, 0.15) is 11.3 Å². The maximum absolute atomic E-state index is 14.0. The Morgan fingerprint density at radius 3 is 2.59 bits per heavy atom. The molecule has 5 nitrogen and oxygen atoms in total. The minimum absolute atomic E-state index is 0. The minimum Gasteiger partial charge on any atom is -0.506 e. The van der Waals surface area contributed by atoms with E-state index in [-0.39, 0.29) is 42.4 Å². The Bertz CT molecular complexity index is 1010. The first kappa shape index (κ1) is 26.3. The zero-order valence-electron chi connectivity index (χ0n) is 17.7. The highest BCUT2D eigenvalue weighted by Gasteiger charge is 2.27. The number of phenols is 1. The second-order valence-corrected chi connectivity index (χ2v) is 8.50. The molecule has 0 aliphatic carbocycles. The van der Waals surface area contributed by atoms with Gasteiger partial charge in [-0.3, -0.25) is 4.79 Å². The third kappa shape index (κ3) is 8.16. The van der Waals surface area contributed by atoms with E-state index in [4.69, 9.17) is 4.74 Å². The first-order valence-corrected chi connectivity index (χ1v) is 11.3. The molecular formula is C23H29ClF2N2O3S. The van der Waals surface area contributed by atoms with Crippen molar-refractivity contribution in [1.29, 1.82) is 0 Å². The number of rotatable bonds is 13. The van der Waals surface area contributed by atoms with Crippen LogP contribution in [0.5, 0.6) is 5.75 Å². The van der Waals surface area contributed by atoms with Gasteiger partial charge in [-0.25, -0.2) is 8.78 Å². The van der Waals surface area contributed by atoms with Crippen molar-refractivity contribution in [2.75, 3.05) is 26.3 Å². The van der Waals surface area contributed by atoms with Crippen molar-refractivity contribution in [3.05, 3.63) is 63.3 Å². The normalized spacial score (nSPS) is 11.6. The number of aromatic nitrogens is 1. The second-order valence-electron chi connectivity index (χ2n) is 7.52. The van der Waals surface area contributed by atoms with Gasteiger partial charge in [-0.05, 0) is 43.0 Å². The molecular weight excluding hydrogens is 458 g/mol. The second kappa shape index (κ2) is 12.9. The average Bonchev–Trinajstić information content (AvgIpc) is 3.15. The number of benzene rings is 2. The molecule has 3 N–H and O–H groups in total. The molecule has 0 aliphatic heterocycles. The first-order chi connectivity index (χ1) is 14.9. The minimum atomic E-state index is -2.72. The number of fused-ring (bicyclic) bond motifs is 1. The zero-order chi connectivity index (χ0) is 22.1. The maximum Gasteiger partial charge on any atom is 0.305 e. The molecule has 0 saturated carbocycles. The zero-order valence-corrected chi connectivity index (χ0v) is 19.4. The summed E-state index contributed by atoms with van der Waals surface area (Å²) < 4.78 is 34.3. The van der Waals surface area contributed by atoms with Crippen LogP contribution in [0.4, 0.5) is 8.78 Å². The number of hydrogen-bond acceptors (Lipinski definition) is 5. The smallest absolute Gasteiger partial charge is 0.305 e. The monoisotopic (exact) mass is 486 g/mol. The summed E-state index contributed by atoms with van der Waals surface area (Å²) in [4.78, 5) is 13.9. The van der Waals surface area contributed by atoms with Gasteiger partial charge in [-0.15, -0.1) is 12.4 Å². The molecule has 2 aromatic carbocycles. The number of halogens is 3. The molecule has 3 rings (SSSR count). The molecule has 1 heterocycles. The van der Waals surface area contributed by atoms with Crippen molar-refractivity contribution in [3.8, 4) is 5.75 Å². The molecule has 1 aromatic heterocycles. The summed E-state index contributed by atoms with van der Waals surface area (Å²) in [5, 5.41) is 12.9. The van der Waals surface area contributed by atoms with Crippen molar-refractivity contribution >= 4 is 34.0 Å². The Labute approximate surface area is 196 Å². The van der Waals surface area contributed by atoms with Gasteiger partial charge in [0.05, 0.1) is 11.3 Å². The molecule has 0 fully saturated rings. The first-order valence-electron chi connectivity index (χ1n) is 10.5. The molecule has 0 bridgehead atoms. The molecule has 0 amide bonds. The van der Waals surface area contributed by atoms with Gasteiger partial charge in [-0.2, -0.15) is 0 Å². The number of aromatic amines is 1. The van der Waals surface area contributed by atoms with Gasteiger partial charge in [0.25, 0.3) is 0 Å². The topological polar surface area (TPSA) is 74.4 Å². The summed E-state index contributed by atoms with van der Waals surface area (Å²) in [6.07, 6.45) is 1.30. The molecule has 9 heteroatoms. The van der Waals surface area contributed by atoms with E-state index in [2.05, 4.69) is 10.3 Å². The van der Waals surface area contributed by atoms with Gasteiger partial charge < -0.3 is 20.1 Å². The number of ether oxygens (including phenoxy) is 1. The van der Waals surface area contributed by atoms with Crippen molar-refractivity contribution in [2.45, 2.75) is 38.0 Å². The van der Waals surface area contributed by atoms with Gasteiger partial charge in [0.2, 0.25) is 5.92 Å². The Balaban J connectivity index is 0.00000363. The highest BCUT2D eigenvalue weighted by molar-refractivity contribution is 7.16. The molecule has 0 unspecified atom stereocenters. The Morgan fingerprint density at radius 2 is 1.81 bits per heavy atom. The van der Waals surface area contributed by atoms with E-state index < -0.39 is 5.92 Å². The molecule has 0 radical (unpaired) electrons. The standard InChI is InChI=1S/C23H28F2N2O3S.ClH/c24-23(25,11-4-15-30-16-10-17-5-2-1-3-6-17)12-14-26-13-9-18-7-8-19(28)20-21(18)31-22(29)27-20;/h1-3,5-8,26,28H,4,9-16H2,(H,27,29);1H. The predicted molar refractivity (Wildman–Crippen MR) is 128 cm³/mol. The van der Waals surface area contributed by atoms with Crippen LogP contribution in [0.25, 0.3) is 10.2 Å². The van der Waals surface area contributed by atoms with E-state index in [9.17, 15) is 18.7 Å². The summed E-state index contributed by atoms with van der Waals surface area (Å²) in [6.45, 7) is 1.61. The largest absolute Gasteiger partial charge is 0.506 e. The van der Waals surface area contributed by atoms with Gasteiger partial charge in [-0.1, -0.05) is 47.7 Å².